The van der Waals surface area contributed by atoms with Crippen molar-refractivity contribution in [3.8, 4) is 0 Å². The van der Waals surface area contributed by atoms with Gasteiger partial charge in [-0.15, -0.1) is 0 Å². The van der Waals surface area contributed by atoms with Crippen molar-refractivity contribution in [3.63, 3.8) is 0 Å². The number of alkyl halides is 5. The first-order chi connectivity index (χ1) is 11.9. The summed E-state index contributed by atoms with van der Waals surface area (Å²) < 4.78 is 90.8. The summed E-state index contributed by atoms with van der Waals surface area (Å²) in [6, 6.07) is 0.818. The molecule has 0 aliphatic heterocycles. The van der Waals surface area contributed by atoms with Gasteiger partial charge in [-0.05, 0) is 18.9 Å². The molecular formula is C13H16F5N5O2S. The summed E-state index contributed by atoms with van der Waals surface area (Å²) in [4.78, 5) is -0.386. The molecule has 2 aromatic rings. The van der Waals surface area contributed by atoms with Crippen molar-refractivity contribution >= 4 is 10.0 Å². The molecule has 0 spiro atoms. The van der Waals surface area contributed by atoms with Crippen LogP contribution in [0, 0.1) is 12.8 Å². The van der Waals surface area contributed by atoms with E-state index < -0.39 is 34.4 Å². The van der Waals surface area contributed by atoms with Gasteiger partial charge in [0, 0.05) is 19.3 Å². The molecule has 0 aliphatic rings. The number of rotatable bonds is 7. The number of halogens is 5. The van der Waals surface area contributed by atoms with Gasteiger partial charge >= 0.3 is 12.7 Å². The van der Waals surface area contributed by atoms with Gasteiger partial charge in [0.15, 0.2) is 5.69 Å². The maximum absolute atomic E-state index is 12.7. The van der Waals surface area contributed by atoms with E-state index in [1.807, 2.05) is 0 Å². The minimum Gasteiger partial charge on any atom is -0.272 e. The Balaban J connectivity index is 2.00. The van der Waals surface area contributed by atoms with E-state index in [2.05, 4.69) is 14.9 Å². The molecule has 0 bridgehead atoms. The third-order valence-electron chi connectivity index (χ3n) is 3.53. The molecule has 0 fully saturated rings. The molecule has 2 aromatic heterocycles. The van der Waals surface area contributed by atoms with Crippen molar-refractivity contribution in [2.45, 2.75) is 38.0 Å². The topological polar surface area (TPSA) is 81.8 Å². The zero-order valence-corrected chi connectivity index (χ0v) is 14.5. The number of hydrogen-bond acceptors (Lipinski definition) is 4. The van der Waals surface area contributed by atoms with Crippen molar-refractivity contribution in [3.05, 3.63) is 29.8 Å². The van der Waals surface area contributed by atoms with Crippen molar-refractivity contribution < 1.29 is 30.4 Å². The molecule has 0 amide bonds. The highest BCUT2D eigenvalue weighted by Gasteiger charge is 2.33. The lowest BCUT2D eigenvalue weighted by Gasteiger charge is -2.13. The molecular weight excluding hydrogens is 385 g/mol. The Kier molecular flexibility index (Phi) is 5.70. The lowest BCUT2D eigenvalue weighted by Crippen LogP contribution is -2.30. The fourth-order valence-corrected chi connectivity index (χ4v) is 3.52. The van der Waals surface area contributed by atoms with E-state index in [4.69, 9.17) is 0 Å². The van der Waals surface area contributed by atoms with Gasteiger partial charge in [0.05, 0.1) is 11.9 Å². The zero-order chi connectivity index (χ0) is 19.7. The van der Waals surface area contributed by atoms with Crippen LogP contribution in [0.3, 0.4) is 0 Å². The van der Waals surface area contributed by atoms with E-state index in [1.54, 1.807) is 6.92 Å². The van der Waals surface area contributed by atoms with E-state index in [-0.39, 0.29) is 28.4 Å². The van der Waals surface area contributed by atoms with Crippen LogP contribution in [0.2, 0.25) is 0 Å². The van der Waals surface area contributed by atoms with Gasteiger partial charge in [-0.3, -0.25) is 4.68 Å². The first-order valence-corrected chi connectivity index (χ1v) is 8.82. The van der Waals surface area contributed by atoms with E-state index in [0.29, 0.717) is 0 Å². The number of nitrogens with zero attached hydrogens (tertiary/aromatic N) is 4. The molecule has 7 nitrogen and oxygen atoms in total. The Morgan fingerprint density at radius 1 is 1.31 bits per heavy atom. The van der Waals surface area contributed by atoms with Crippen LogP contribution in [-0.2, 0) is 22.7 Å². The van der Waals surface area contributed by atoms with E-state index in [1.165, 1.54) is 6.92 Å². The zero-order valence-electron chi connectivity index (χ0n) is 13.7. The summed E-state index contributed by atoms with van der Waals surface area (Å²) in [5.74, 6) is -0.406. The molecule has 0 aromatic carbocycles. The maximum atomic E-state index is 12.7. The second-order valence-electron chi connectivity index (χ2n) is 5.69. The Morgan fingerprint density at radius 2 is 1.96 bits per heavy atom. The van der Waals surface area contributed by atoms with Gasteiger partial charge in [0.25, 0.3) is 0 Å². The fraction of sp³-hybridized carbons (Fsp3) is 0.538. The number of aromatic nitrogens is 4. The molecule has 0 saturated carbocycles. The second kappa shape index (κ2) is 7.31. The molecule has 1 atom stereocenters. The molecule has 13 heteroatoms. The minimum atomic E-state index is -4.56. The third kappa shape index (κ3) is 4.58. The van der Waals surface area contributed by atoms with Crippen LogP contribution < -0.4 is 4.72 Å². The molecule has 26 heavy (non-hydrogen) atoms. The lowest BCUT2D eigenvalue weighted by molar-refractivity contribution is -0.141. The van der Waals surface area contributed by atoms with Gasteiger partial charge in [0.1, 0.15) is 4.90 Å². The maximum Gasteiger partial charge on any atom is 0.435 e. The van der Waals surface area contributed by atoms with Crippen molar-refractivity contribution in [1.82, 2.24) is 24.3 Å². The molecule has 0 aliphatic carbocycles. The first kappa shape index (κ1) is 20.3. The summed E-state index contributed by atoms with van der Waals surface area (Å²) in [6.45, 7) is -0.260. The first-order valence-electron chi connectivity index (χ1n) is 7.34. The Hall–Kier alpha value is -2.02. The van der Waals surface area contributed by atoms with Crippen LogP contribution >= 0.6 is 0 Å². The molecule has 0 radical (unpaired) electrons. The predicted molar refractivity (Wildman–Crippen MR) is 79.8 cm³/mol. The molecule has 2 heterocycles. The summed E-state index contributed by atoms with van der Waals surface area (Å²) in [5, 5.41) is 6.71. The van der Waals surface area contributed by atoms with Crippen molar-refractivity contribution in [1.29, 1.82) is 0 Å². The van der Waals surface area contributed by atoms with Crippen LogP contribution in [0.5, 0.6) is 0 Å². The molecule has 2 rings (SSSR count). The van der Waals surface area contributed by atoms with Gasteiger partial charge < -0.3 is 0 Å². The Labute approximate surface area is 145 Å². The summed E-state index contributed by atoms with van der Waals surface area (Å²) in [6.07, 6.45) is -2.60. The van der Waals surface area contributed by atoms with E-state index in [0.717, 1.165) is 23.1 Å². The third-order valence-corrected chi connectivity index (χ3v) is 5.05. The summed E-state index contributed by atoms with van der Waals surface area (Å²) in [7, 11) is -4.09. The van der Waals surface area contributed by atoms with Gasteiger partial charge in [-0.25, -0.2) is 17.8 Å². The number of nitrogens with one attached hydrogen (secondary N) is 1. The highest BCUT2D eigenvalue weighted by atomic mass is 32.2. The van der Waals surface area contributed by atoms with Crippen LogP contribution in [0.15, 0.2) is 23.4 Å². The van der Waals surface area contributed by atoms with E-state index >= 15 is 0 Å². The van der Waals surface area contributed by atoms with Gasteiger partial charge in [-0.2, -0.15) is 32.1 Å². The Morgan fingerprint density at radius 3 is 2.46 bits per heavy atom. The lowest BCUT2D eigenvalue weighted by atomic mass is 10.2. The highest BCUT2D eigenvalue weighted by Crippen LogP contribution is 2.27. The van der Waals surface area contributed by atoms with Crippen LogP contribution in [0.1, 0.15) is 24.9 Å². The summed E-state index contributed by atoms with van der Waals surface area (Å²) >= 11 is 0. The Bertz CT molecular complexity index is 859. The molecule has 1 N–H and O–H groups in total. The highest BCUT2D eigenvalue weighted by molar-refractivity contribution is 7.89. The quantitative estimate of drug-likeness (QED) is 0.723. The number of hydrogen-bond donors (Lipinski definition) is 1. The average molecular weight is 401 g/mol. The predicted octanol–water partition coefficient (Wildman–Crippen LogP) is 2.42. The van der Waals surface area contributed by atoms with Crippen LogP contribution in [0.25, 0.3) is 0 Å². The van der Waals surface area contributed by atoms with E-state index in [9.17, 15) is 30.4 Å². The minimum absolute atomic E-state index is 0.0356. The van der Waals surface area contributed by atoms with Gasteiger partial charge in [0.2, 0.25) is 10.0 Å². The monoisotopic (exact) mass is 401 g/mol. The average Bonchev–Trinajstić information content (AvgIpc) is 3.11. The summed E-state index contributed by atoms with van der Waals surface area (Å²) in [5.41, 5.74) is -1.26. The standard InChI is InChI=1S/C13H16F5N5O2S/c1-8(7-22-4-3-11(21-22)13(16,17)18)5-20-26(24,25)10-6-19-23(9(10)2)12(14)15/h3-4,6,8,12,20H,5,7H2,1-2H3. The normalized spacial score (nSPS) is 14.2. The van der Waals surface area contributed by atoms with Gasteiger partial charge in [-0.1, -0.05) is 6.92 Å². The molecule has 0 saturated heterocycles. The van der Waals surface area contributed by atoms with Crippen LogP contribution in [-0.4, -0.2) is 34.5 Å². The SMILES string of the molecule is Cc1c(S(=O)(=O)NCC(C)Cn2ccc(C(F)(F)F)n2)cnn1C(F)F. The molecule has 1 unspecified atom stereocenters. The smallest absolute Gasteiger partial charge is 0.272 e. The largest absolute Gasteiger partial charge is 0.435 e. The number of sulfonamides is 1. The van der Waals surface area contributed by atoms with Crippen molar-refractivity contribution in [2.24, 2.45) is 5.92 Å². The van der Waals surface area contributed by atoms with Crippen LogP contribution in [0.4, 0.5) is 22.0 Å². The van der Waals surface area contributed by atoms with Crippen molar-refractivity contribution in [2.75, 3.05) is 6.54 Å². The fourth-order valence-electron chi connectivity index (χ4n) is 2.20. The molecule has 146 valence electrons. The second-order valence-corrected chi connectivity index (χ2v) is 7.43.